The van der Waals surface area contributed by atoms with E-state index in [1.165, 1.54) is 6.07 Å². The molecule has 7 nitrogen and oxygen atoms in total. The van der Waals surface area contributed by atoms with Crippen LogP contribution < -0.4 is 10.7 Å². The number of hydrazone groups is 1. The van der Waals surface area contributed by atoms with Gasteiger partial charge in [-0.3, -0.25) is 9.59 Å². The van der Waals surface area contributed by atoms with Crippen molar-refractivity contribution < 1.29 is 19.1 Å². The lowest BCUT2D eigenvalue weighted by atomic mass is 10.1. The molecule has 0 bridgehead atoms. The van der Waals surface area contributed by atoms with E-state index in [2.05, 4.69) is 15.8 Å². The Kier molecular flexibility index (Phi) is 6.16. The Morgan fingerprint density at radius 1 is 1.19 bits per heavy atom. The largest absolute Gasteiger partial charge is 0.507 e. The molecule has 0 aliphatic heterocycles. The highest BCUT2D eigenvalue weighted by Crippen LogP contribution is 2.22. The number of benzene rings is 1. The summed E-state index contributed by atoms with van der Waals surface area (Å²) in [7, 11) is 0. The van der Waals surface area contributed by atoms with Crippen molar-refractivity contribution in [2.45, 2.75) is 40.5 Å². The van der Waals surface area contributed by atoms with Crippen LogP contribution in [0.25, 0.3) is 0 Å². The minimum atomic E-state index is -0.398. The molecule has 0 saturated heterocycles. The average Bonchev–Trinajstić information content (AvgIpc) is 2.92. The number of amides is 2. The first-order valence-electron chi connectivity index (χ1n) is 8.36. The number of anilines is 1. The summed E-state index contributed by atoms with van der Waals surface area (Å²) in [6.45, 7) is 7.03. The predicted octanol–water partition coefficient (Wildman–Crippen LogP) is 3.49. The Bertz CT molecular complexity index is 852. The fraction of sp³-hybridized carbons (Fsp3) is 0.316. The molecule has 1 aromatic heterocycles. The van der Waals surface area contributed by atoms with E-state index in [0.29, 0.717) is 40.5 Å². The van der Waals surface area contributed by atoms with Gasteiger partial charge >= 0.3 is 0 Å². The molecule has 0 saturated carbocycles. The molecule has 26 heavy (non-hydrogen) atoms. The molecule has 0 spiro atoms. The van der Waals surface area contributed by atoms with Crippen LogP contribution in [0.5, 0.6) is 5.75 Å². The van der Waals surface area contributed by atoms with Crippen molar-refractivity contribution in [2.24, 2.45) is 5.10 Å². The smallest absolute Gasteiger partial charge is 0.274 e. The maximum absolute atomic E-state index is 12.2. The number of hydrogen-bond acceptors (Lipinski definition) is 5. The Balaban J connectivity index is 2.16. The van der Waals surface area contributed by atoms with Gasteiger partial charge in [-0.2, -0.15) is 5.10 Å². The molecule has 2 amide bonds. The number of carbonyl (C=O) groups is 2. The van der Waals surface area contributed by atoms with Crippen LogP contribution in [0.2, 0.25) is 0 Å². The molecule has 0 radical (unpaired) electrons. The molecule has 0 atom stereocenters. The molecule has 138 valence electrons. The topological polar surface area (TPSA) is 104 Å². The van der Waals surface area contributed by atoms with E-state index in [-0.39, 0.29) is 11.7 Å². The molecule has 1 aromatic carbocycles. The maximum Gasteiger partial charge on any atom is 0.274 e. The normalized spacial score (nSPS) is 11.3. The molecule has 7 heteroatoms. The van der Waals surface area contributed by atoms with Gasteiger partial charge in [0.25, 0.3) is 5.91 Å². The van der Waals surface area contributed by atoms with Crippen LogP contribution in [0.15, 0.2) is 33.8 Å². The van der Waals surface area contributed by atoms with Crippen LogP contribution >= 0.6 is 0 Å². The second kappa shape index (κ2) is 8.33. The van der Waals surface area contributed by atoms with Gasteiger partial charge in [0.2, 0.25) is 5.91 Å². The summed E-state index contributed by atoms with van der Waals surface area (Å²) in [4.78, 5) is 23.9. The van der Waals surface area contributed by atoms with E-state index < -0.39 is 5.91 Å². The lowest BCUT2D eigenvalue weighted by molar-refractivity contribution is -0.116. The zero-order valence-corrected chi connectivity index (χ0v) is 15.3. The van der Waals surface area contributed by atoms with E-state index >= 15 is 0 Å². The van der Waals surface area contributed by atoms with Crippen LogP contribution in [0.1, 0.15) is 54.1 Å². The highest BCUT2D eigenvalue weighted by molar-refractivity contribution is 6.04. The molecule has 3 N–H and O–H groups in total. The highest BCUT2D eigenvalue weighted by Gasteiger charge is 2.14. The summed E-state index contributed by atoms with van der Waals surface area (Å²) < 4.78 is 5.33. The molecule has 2 rings (SSSR count). The summed E-state index contributed by atoms with van der Waals surface area (Å²) >= 11 is 0. The van der Waals surface area contributed by atoms with E-state index in [1.807, 2.05) is 6.92 Å². The van der Waals surface area contributed by atoms with Crippen LogP contribution in [0.3, 0.4) is 0 Å². The fourth-order valence-corrected chi connectivity index (χ4v) is 2.47. The summed E-state index contributed by atoms with van der Waals surface area (Å²) in [6.07, 6.45) is 1.17. The van der Waals surface area contributed by atoms with Gasteiger partial charge < -0.3 is 14.8 Å². The fourth-order valence-electron chi connectivity index (χ4n) is 2.47. The van der Waals surface area contributed by atoms with Crippen molar-refractivity contribution in [3.05, 3.63) is 46.9 Å². The number of hydrogen-bond donors (Lipinski definition) is 3. The summed E-state index contributed by atoms with van der Waals surface area (Å²) in [5.74, 6) is 0.658. The van der Waals surface area contributed by atoms with Gasteiger partial charge in [0.1, 0.15) is 17.3 Å². The van der Waals surface area contributed by atoms with Crippen LogP contribution in [-0.2, 0) is 4.79 Å². The van der Waals surface area contributed by atoms with Gasteiger partial charge in [-0.15, -0.1) is 0 Å². The van der Waals surface area contributed by atoms with E-state index in [0.717, 1.165) is 6.42 Å². The number of aromatic hydroxyl groups is 1. The predicted molar refractivity (Wildman–Crippen MR) is 99.5 cm³/mol. The minimum Gasteiger partial charge on any atom is -0.507 e. The number of nitrogens with one attached hydrogen (secondary N) is 2. The van der Waals surface area contributed by atoms with Crippen LogP contribution in [0, 0.1) is 13.8 Å². The van der Waals surface area contributed by atoms with Crippen molar-refractivity contribution in [3.8, 4) is 5.75 Å². The number of phenolic OH excluding ortho intramolecular Hbond substituents is 1. The molecule has 0 aliphatic carbocycles. The second-order valence-corrected chi connectivity index (χ2v) is 6.00. The van der Waals surface area contributed by atoms with Gasteiger partial charge in [0.15, 0.2) is 0 Å². The minimum absolute atomic E-state index is 0.00401. The Labute approximate surface area is 152 Å². The van der Waals surface area contributed by atoms with Crippen molar-refractivity contribution in [1.82, 2.24) is 5.43 Å². The van der Waals surface area contributed by atoms with E-state index in [4.69, 9.17) is 4.42 Å². The monoisotopic (exact) mass is 357 g/mol. The Morgan fingerprint density at radius 2 is 1.92 bits per heavy atom. The number of rotatable bonds is 6. The number of nitrogens with zero attached hydrogens (tertiary/aromatic N) is 1. The molecule has 0 unspecified atom stereocenters. The van der Waals surface area contributed by atoms with E-state index in [9.17, 15) is 14.7 Å². The number of phenols is 1. The third-order valence-corrected chi connectivity index (χ3v) is 3.76. The maximum atomic E-state index is 12.2. The SMILES string of the molecule is CCCC(=O)Nc1ccc(O)c(/C(C)=N/NC(=O)c2cc(C)oc2C)c1. The van der Waals surface area contributed by atoms with Gasteiger partial charge in [0, 0.05) is 17.7 Å². The standard InChI is InChI=1S/C19H23N3O4/c1-5-6-18(24)20-14-7-8-17(23)15(10-14)12(3)21-22-19(25)16-9-11(2)26-13(16)4/h7-10,23H,5-6H2,1-4H3,(H,20,24)(H,22,25)/b21-12+. The molecule has 1 heterocycles. The molecule has 0 aliphatic rings. The van der Waals surface area contributed by atoms with Crippen molar-refractivity contribution >= 4 is 23.2 Å². The molecular formula is C19H23N3O4. The van der Waals surface area contributed by atoms with Crippen molar-refractivity contribution in [1.29, 1.82) is 0 Å². The zero-order valence-electron chi connectivity index (χ0n) is 15.3. The number of furan rings is 1. The second-order valence-electron chi connectivity index (χ2n) is 6.00. The van der Waals surface area contributed by atoms with E-state index in [1.54, 1.807) is 39.0 Å². The number of carbonyl (C=O) groups excluding carboxylic acids is 2. The first kappa shape index (κ1) is 19.2. The molecular weight excluding hydrogens is 334 g/mol. The quantitative estimate of drug-likeness (QED) is 0.418. The average molecular weight is 357 g/mol. The lowest BCUT2D eigenvalue weighted by Gasteiger charge is -2.09. The summed E-state index contributed by atoms with van der Waals surface area (Å²) in [5.41, 5.74) is 4.23. The van der Waals surface area contributed by atoms with Crippen LogP contribution in [-0.4, -0.2) is 22.6 Å². The third kappa shape index (κ3) is 4.72. The Hall–Kier alpha value is -3.09. The number of aryl methyl sites for hydroxylation is 2. The third-order valence-electron chi connectivity index (χ3n) is 3.76. The lowest BCUT2D eigenvalue weighted by Crippen LogP contribution is -2.19. The van der Waals surface area contributed by atoms with Gasteiger partial charge in [-0.05, 0) is 51.5 Å². The Morgan fingerprint density at radius 3 is 2.54 bits per heavy atom. The first-order chi connectivity index (χ1) is 12.3. The zero-order chi connectivity index (χ0) is 19.3. The highest BCUT2D eigenvalue weighted by atomic mass is 16.3. The van der Waals surface area contributed by atoms with Gasteiger partial charge in [-0.1, -0.05) is 6.92 Å². The summed E-state index contributed by atoms with van der Waals surface area (Å²) in [5, 5.41) is 16.9. The van der Waals surface area contributed by atoms with Crippen molar-refractivity contribution in [2.75, 3.05) is 5.32 Å². The summed E-state index contributed by atoms with van der Waals surface area (Å²) in [6, 6.07) is 6.33. The molecule has 2 aromatic rings. The van der Waals surface area contributed by atoms with Crippen molar-refractivity contribution in [3.63, 3.8) is 0 Å². The van der Waals surface area contributed by atoms with Crippen LogP contribution in [0.4, 0.5) is 5.69 Å². The first-order valence-corrected chi connectivity index (χ1v) is 8.36. The van der Waals surface area contributed by atoms with Gasteiger partial charge in [0.05, 0.1) is 11.3 Å². The molecule has 0 fully saturated rings. The van der Waals surface area contributed by atoms with Gasteiger partial charge in [-0.25, -0.2) is 5.43 Å².